The van der Waals surface area contributed by atoms with Gasteiger partial charge in [-0.1, -0.05) is 57.9 Å². The zero-order chi connectivity index (χ0) is 20.2. The van der Waals surface area contributed by atoms with Crippen LogP contribution >= 0.6 is 27.5 Å². The van der Waals surface area contributed by atoms with Crippen LogP contribution in [0.3, 0.4) is 0 Å². The number of ether oxygens (including phenoxy) is 2. The first kappa shape index (κ1) is 19.4. The van der Waals surface area contributed by atoms with E-state index in [-0.39, 0.29) is 5.70 Å². The van der Waals surface area contributed by atoms with E-state index in [1.54, 1.807) is 6.08 Å². The summed E-state index contributed by atoms with van der Waals surface area (Å²) in [6, 6.07) is 22.4. The van der Waals surface area contributed by atoms with E-state index in [0.29, 0.717) is 23.3 Å². The number of nitrogens with zero attached hydrogens (tertiary/aromatic N) is 1. The molecule has 0 fully saturated rings. The summed E-state index contributed by atoms with van der Waals surface area (Å²) in [6.45, 7) is 0.355. The molecule has 4 rings (SSSR count). The summed E-state index contributed by atoms with van der Waals surface area (Å²) in [4.78, 5) is 16.5. The van der Waals surface area contributed by atoms with Crippen molar-refractivity contribution in [2.45, 2.75) is 6.61 Å². The zero-order valence-corrected chi connectivity index (χ0v) is 17.5. The maximum absolute atomic E-state index is 12.2. The van der Waals surface area contributed by atoms with Crippen LogP contribution in [0.4, 0.5) is 0 Å². The molecule has 0 radical (unpaired) electrons. The van der Waals surface area contributed by atoms with Gasteiger partial charge in [-0.3, -0.25) is 0 Å². The molecule has 0 amide bonds. The Morgan fingerprint density at radius 2 is 1.83 bits per heavy atom. The van der Waals surface area contributed by atoms with Crippen LogP contribution in [0.1, 0.15) is 16.7 Å². The van der Waals surface area contributed by atoms with Gasteiger partial charge in [-0.25, -0.2) is 9.79 Å². The molecule has 29 heavy (non-hydrogen) atoms. The molecule has 0 bridgehead atoms. The molecule has 144 valence electrons. The molecule has 1 heterocycles. The van der Waals surface area contributed by atoms with Gasteiger partial charge in [0.1, 0.15) is 12.4 Å². The van der Waals surface area contributed by atoms with E-state index in [1.807, 2.05) is 72.8 Å². The first-order chi connectivity index (χ1) is 14.1. The van der Waals surface area contributed by atoms with E-state index in [1.165, 1.54) is 0 Å². The topological polar surface area (TPSA) is 47.9 Å². The van der Waals surface area contributed by atoms with Crippen molar-refractivity contribution in [2.75, 3.05) is 0 Å². The molecule has 1 aliphatic heterocycles. The van der Waals surface area contributed by atoms with Crippen molar-refractivity contribution in [3.63, 3.8) is 0 Å². The second-order valence-electron chi connectivity index (χ2n) is 6.30. The Kier molecular flexibility index (Phi) is 5.79. The number of rotatable bonds is 5. The highest BCUT2D eigenvalue weighted by molar-refractivity contribution is 9.10. The largest absolute Gasteiger partial charge is 0.489 e. The van der Waals surface area contributed by atoms with Gasteiger partial charge in [-0.2, -0.15) is 0 Å². The molecule has 3 aromatic rings. The van der Waals surface area contributed by atoms with E-state index >= 15 is 0 Å². The van der Waals surface area contributed by atoms with Crippen molar-refractivity contribution in [3.05, 3.63) is 105 Å². The second kappa shape index (κ2) is 8.64. The van der Waals surface area contributed by atoms with Crippen LogP contribution < -0.4 is 4.74 Å². The lowest BCUT2D eigenvalue weighted by atomic mass is 10.2. The average molecular weight is 469 g/mol. The third-order valence-corrected chi connectivity index (χ3v) is 5.12. The maximum Gasteiger partial charge on any atom is 0.363 e. The third-order valence-electron chi connectivity index (χ3n) is 4.23. The molecular weight excluding hydrogens is 454 g/mol. The second-order valence-corrected chi connectivity index (χ2v) is 7.62. The molecule has 0 saturated heterocycles. The first-order valence-electron chi connectivity index (χ1n) is 8.83. The minimum atomic E-state index is -0.481. The molecule has 0 saturated carbocycles. The van der Waals surface area contributed by atoms with Crippen molar-refractivity contribution in [3.8, 4) is 5.75 Å². The van der Waals surface area contributed by atoms with Gasteiger partial charge in [0.05, 0.1) is 0 Å². The molecular formula is C23H15BrClNO3. The third kappa shape index (κ3) is 4.75. The highest BCUT2D eigenvalue weighted by Crippen LogP contribution is 2.23. The number of halogens is 2. The molecule has 1 aliphatic rings. The van der Waals surface area contributed by atoms with Crippen LogP contribution in [0, 0.1) is 0 Å². The van der Waals surface area contributed by atoms with Gasteiger partial charge in [0.2, 0.25) is 5.90 Å². The quantitative estimate of drug-likeness (QED) is 0.339. The van der Waals surface area contributed by atoms with Gasteiger partial charge in [-0.15, -0.1) is 0 Å². The number of hydrogen-bond acceptors (Lipinski definition) is 4. The Hall–Kier alpha value is -2.89. The summed E-state index contributed by atoms with van der Waals surface area (Å²) in [7, 11) is 0. The Bertz CT molecular complexity index is 1120. The van der Waals surface area contributed by atoms with Gasteiger partial charge < -0.3 is 9.47 Å². The normalized spacial score (nSPS) is 14.6. The summed E-state index contributed by atoms with van der Waals surface area (Å²) < 4.78 is 12.1. The Morgan fingerprint density at radius 1 is 1.03 bits per heavy atom. The molecule has 0 atom stereocenters. The van der Waals surface area contributed by atoms with Gasteiger partial charge in [0, 0.05) is 20.6 Å². The predicted molar refractivity (Wildman–Crippen MR) is 117 cm³/mol. The van der Waals surface area contributed by atoms with Crippen LogP contribution in [0.15, 0.2) is 88.0 Å². The van der Waals surface area contributed by atoms with Crippen LogP contribution in [0.25, 0.3) is 6.08 Å². The van der Waals surface area contributed by atoms with Crippen LogP contribution in [0.2, 0.25) is 5.02 Å². The van der Waals surface area contributed by atoms with E-state index in [9.17, 15) is 4.79 Å². The Labute approximate surface area is 181 Å². The zero-order valence-electron chi connectivity index (χ0n) is 15.1. The van der Waals surface area contributed by atoms with Crippen molar-refractivity contribution in [2.24, 2.45) is 4.99 Å². The monoisotopic (exact) mass is 467 g/mol. The van der Waals surface area contributed by atoms with E-state index < -0.39 is 5.97 Å². The summed E-state index contributed by atoms with van der Waals surface area (Å²) in [6.07, 6.45) is 1.68. The molecule has 0 aromatic heterocycles. The predicted octanol–water partition coefficient (Wildman–Crippen LogP) is 6.03. The fourth-order valence-electron chi connectivity index (χ4n) is 2.75. The summed E-state index contributed by atoms with van der Waals surface area (Å²) in [5, 5.41) is 0.661. The maximum atomic E-state index is 12.2. The highest BCUT2D eigenvalue weighted by atomic mass is 79.9. The van der Waals surface area contributed by atoms with Crippen LogP contribution in [0.5, 0.6) is 5.75 Å². The fourth-order valence-corrected chi connectivity index (χ4v) is 3.21. The van der Waals surface area contributed by atoms with E-state index in [0.717, 1.165) is 21.2 Å². The molecule has 0 aliphatic carbocycles. The van der Waals surface area contributed by atoms with Gasteiger partial charge in [-0.05, 0) is 54.1 Å². The average Bonchev–Trinajstić information content (AvgIpc) is 3.08. The lowest BCUT2D eigenvalue weighted by Crippen LogP contribution is -2.05. The van der Waals surface area contributed by atoms with Crippen molar-refractivity contribution < 1.29 is 14.3 Å². The molecule has 0 spiro atoms. The van der Waals surface area contributed by atoms with Crippen LogP contribution in [-0.2, 0) is 16.1 Å². The molecule has 6 heteroatoms. The number of carbonyl (C=O) groups excluding carboxylic acids is 1. The Morgan fingerprint density at radius 3 is 2.62 bits per heavy atom. The number of cyclic esters (lactones) is 1. The summed E-state index contributed by atoms with van der Waals surface area (Å²) in [5.41, 5.74) is 2.67. The number of esters is 1. The van der Waals surface area contributed by atoms with Crippen molar-refractivity contribution >= 4 is 45.5 Å². The lowest BCUT2D eigenvalue weighted by Gasteiger charge is -2.08. The minimum absolute atomic E-state index is 0.242. The van der Waals surface area contributed by atoms with Crippen molar-refractivity contribution in [1.29, 1.82) is 0 Å². The number of benzene rings is 3. The van der Waals surface area contributed by atoms with E-state index in [2.05, 4.69) is 20.9 Å². The molecule has 3 aromatic carbocycles. The first-order valence-corrected chi connectivity index (χ1v) is 10.0. The van der Waals surface area contributed by atoms with Crippen molar-refractivity contribution in [1.82, 2.24) is 0 Å². The molecule has 0 unspecified atom stereocenters. The van der Waals surface area contributed by atoms with Crippen LogP contribution in [-0.4, -0.2) is 11.9 Å². The molecule has 4 nitrogen and oxygen atoms in total. The number of carbonyl (C=O) groups is 1. The smallest absolute Gasteiger partial charge is 0.363 e. The Balaban J connectivity index is 1.52. The fraction of sp³-hybridized carbons (Fsp3) is 0.0435. The number of aliphatic imine (C=N–C) groups is 1. The minimum Gasteiger partial charge on any atom is -0.489 e. The SMILES string of the molecule is O=C1OC(c2ccc(Br)cc2)=N/C1=C\c1cccc(OCc2ccccc2Cl)c1. The number of hydrogen-bond donors (Lipinski definition) is 0. The highest BCUT2D eigenvalue weighted by Gasteiger charge is 2.24. The summed E-state index contributed by atoms with van der Waals surface area (Å²) in [5.74, 6) is 0.480. The lowest BCUT2D eigenvalue weighted by molar-refractivity contribution is -0.129. The standard InChI is InChI=1S/C23H15BrClNO3/c24-18-10-8-16(9-11-18)22-26-21(23(27)29-22)13-15-4-3-6-19(12-15)28-14-17-5-1-2-7-20(17)25/h1-13H,14H2/b21-13-. The van der Waals surface area contributed by atoms with Gasteiger partial charge in [0.25, 0.3) is 0 Å². The summed E-state index contributed by atoms with van der Waals surface area (Å²) >= 11 is 9.55. The molecule has 0 N–H and O–H groups in total. The van der Waals surface area contributed by atoms with Gasteiger partial charge in [0.15, 0.2) is 5.70 Å². The van der Waals surface area contributed by atoms with E-state index in [4.69, 9.17) is 21.1 Å². The van der Waals surface area contributed by atoms with Gasteiger partial charge >= 0.3 is 5.97 Å².